The summed E-state index contributed by atoms with van der Waals surface area (Å²) in [5.41, 5.74) is 3.24. The molecule has 0 saturated carbocycles. The van der Waals surface area contributed by atoms with E-state index in [2.05, 4.69) is 0 Å². The topological polar surface area (TPSA) is 46.2 Å². The number of alkyl halides is 3. The maximum atomic E-state index is 12.3. The summed E-state index contributed by atoms with van der Waals surface area (Å²) >= 11 is -0.171. The first-order chi connectivity index (χ1) is 10.3. The van der Waals surface area contributed by atoms with Crippen LogP contribution >= 0.6 is 24.2 Å². The van der Waals surface area contributed by atoms with Gasteiger partial charge < -0.3 is 10.8 Å². The summed E-state index contributed by atoms with van der Waals surface area (Å²) in [6, 6.07) is 14.5. The molecule has 0 fully saturated rings. The van der Waals surface area contributed by atoms with E-state index in [9.17, 15) is 18.3 Å². The molecule has 0 heterocycles. The minimum atomic E-state index is -4.31. The zero-order valence-corrected chi connectivity index (χ0v) is 13.7. The van der Waals surface area contributed by atoms with Crippen molar-refractivity contribution in [2.24, 2.45) is 5.73 Å². The molecule has 0 aromatic heterocycles. The van der Waals surface area contributed by atoms with E-state index < -0.39 is 17.7 Å². The molecule has 0 radical (unpaired) electrons. The van der Waals surface area contributed by atoms with Crippen LogP contribution in [0, 0.1) is 0 Å². The Morgan fingerprint density at radius 1 is 1.00 bits per heavy atom. The quantitative estimate of drug-likeness (QED) is 0.777. The molecule has 0 unspecified atom stereocenters. The first-order valence-electron chi connectivity index (χ1n) is 6.68. The van der Waals surface area contributed by atoms with Gasteiger partial charge in [-0.05, 0) is 35.0 Å². The molecular formula is C16H17ClF3NOS. The van der Waals surface area contributed by atoms with Crippen molar-refractivity contribution in [3.8, 4) is 0 Å². The van der Waals surface area contributed by atoms with Gasteiger partial charge in [0.1, 0.15) is 0 Å². The minimum absolute atomic E-state index is 0. The summed E-state index contributed by atoms with van der Waals surface area (Å²) in [7, 11) is 0. The highest BCUT2D eigenvalue weighted by Crippen LogP contribution is 2.37. The van der Waals surface area contributed by atoms with E-state index in [1.165, 1.54) is 24.3 Å². The van der Waals surface area contributed by atoms with Crippen molar-refractivity contribution in [3.05, 3.63) is 65.7 Å². The van der Waals surface area contributed by atoms with Gasteiger partial charge in [0.15, 0.2) is 0 Å². The van der Waals surface area contributed by atoms with Crippen molar-refractivity contribution in [1.29, 1.82) is 0 Å². The Morgan fingerprint density at radius 3 is 2.09 bits per heavy atom. The third-order valence-electron chi connectivity index (χ3n) is 3.20. The summed E-state index contributed by atoms with van der Waals surface area (Å²) in [6.07, 6.45) is -0.412. The molecule has 3 N–H and O–H groups in total. The van der Waals surface area contributed by atoms with Crippen LogP contribution in [0.15, 0.2) is 59.5 Å². The number of halogens is 4. The van der Waals surface area contributed by atoms with Crippen molar-refractivity contribution in [3.63, 3.8) is 0 Å². The lowest BCUT2D eigenvalue weighted by Gasteiger charge is -2.19. The molecule has 2 aromatic carbocycles. The molecule has 2 rings (SSSR count). The monoisotopic (exact) mass is 363 g/mol. The van der Waals surface area contributed by atoms with Crippen molar-refractivity contribution in [1.82, 2.24) is 0 Å². The van der Waals surface area contributed by atoms with Gasteiger partial charge in [0.05, 0.1) is 12.1 Å². The number of aliphatic hydroxyl groups excluding tert-OH is 1. The number of nitrogens with two attached hydrogens (primary N) is 1. The molecule has 0 spiro atoms. The second-order valence-electron chi connectivity index (χ2n) is 4.90. The normalized spacial score (nSPS) is 14.0. The zero-order valence-electron chi connectivity index (χ0n) is 12.0. The molecule has 23 heavy (non-hydrogen) atoms. The molecule has 0 bridgehead atoms. The zero-order chi connectivity index (χ0) is 16.2. The van der Waals surface area contributed by atoms with Crippen LogP contribution in [0.25, 0.3) is 0 Å². The Bertz CT molecular complexity index is 593. The lowest BCUT2D eigenvalue weighted by molar-refractivity contribution is -0.0328. The highest BCUT2D eigenvalue weighted by atomic mass is 35.5. The lowest BCUT2D eigenvalue weighted by atomic mass is 9.97. The molecule has 0 saturated heterocycles. The Kier molecular flexibility index (Phi) is 7.41. The third kappa shape index (κ3) is 6.43. The predicted molar refractivity (Wildman–Crippen MR) is 88.7 cm³/mol. The largest absolute Gasteiger partial charge is 0.446 e. The van der Waals surface area contributed by atoms with Crippen molar-refractivity contribution in [2.75, 3.05) is 0 Å². The van der Waals surface area contributed by atoms with Crippen LogP contribution in [0.2, 0.25) is 0 Å². The number of benzene rings is 2. The van der Waals surface area contributed by atoms with Crippen LogP contribution in [0.3, 0.4) is 0 Å². The van der Waals surface area contributed by atoms with Gasteiger partial charge in [-0.25, -0.2) is 0 Å². The van der Waals surface area contributed by atoms with Crippen LogP contribution in [-0.4, -0.2) is 16.7 Å². The Balaban J connectivity index is 0.00000264. The molecule has 2 nitrogen and oxygen atoms in total. The fraction of sp³-hybridized carbons (Fsp3) is 0.250. The van der Waals surface area contributed by atoms with E-state index >= 15 is 0 Å². The standard InChI is InChI=1S/C16H16F3NOS.ClH/c17-16(18,19)22-13-8-6-12(7-9-13)15(20)14(21)10-11-4-2-1-3-5-11;/h1-9,14-15,21H,10,20H2;1H/t14-,15+;/m0./s1. The first kappa shape index (κ1) is 19.8. The summed E-state index contributed by atoms with van der Waals surface area (Å²) in [5, 5.41) is 10.2. The molecule has 2 atom stereocenters. The molecular weight excluding hydrogens is 347 g/mol. The van der Waals surface area contributed by atoms with Gasteiger partial charge in [-0.1, -0.05) is 42.5 Å². The van der Waals surface area contributed by atoms with Crippen LogP contribution < -0.4 is 5.73 Å². The maximum absolute atomic E-state index is 12.3. The number of aliphatic hydroxyl groups is 1. The summed E-state index contributed by atoms with van der Waals surface area (Å²) < 4.78 is 36.8. The Hall–Kier alpha value is -1.21. The van der Waals surface area contributed by atoms with Gasteiger partial charge in [0.25, 0.3) is 0 Å². The van der Waals surface area contributed by atoms with Gasteiger partial charge in [-0.15, -0.1) is 12.4 Å². The fourth-order valence-electron chi connectivity index (χ4n) is 2.10. The third-order valence-corrected chi connectivity index (χ3v) is 3.94. The molecule has 2 aromatic rings. The van der Waals surface area contributed by atoms with E-state index in [-0.39, 0.29) is 29.1 Å². The number of hydrogen-bond acceptors (Lipinski definition) is 3. The van der Waals surface area contributed by atoms with Crippen LogP contribution in [0.5, 0.6) is 0 Å². The predicted octanol–water partition coefficient (Wildman–Crippen LogP) is 4.32. The SMILES string of the molecule is Cl.N[C@H](c1ccc(SC(F)(F)F)cc1)[C@@H](O)Cc1ccccc1. The summed E-state index contributed by atoms with van der Waals surface area (Å²) in [6.45, 7) is 0. The maximum Gasteiger partial charge on any atom is 0.446 e. The Morgan fingerprint density at radius 2 is 1.57 bits per heavy atom. The second kappa shape index (κ2) is 8.59. The van der Waals surface area contributed by atoms with E-state index in [0.29, 0.717) is 12.0 Å². The molecule has 126 valence electrons. The van der Waals surface area contributed by atoms with Gasteiger partial charge >= 0.3 is 5.51 Å². The van der Waals surface area contributed by atoms with Gasteiger partial charge in [-0.3, -0.25) is 0 Å². The van der Waals surface area contributed by atoms with Crippen molar-refractivity contribution >= 4 is 24.2 Å². The van der Waals surface area contributed by atoms with Gasteiger partial charge in [-0.2, -0.15) is 13.2 Å². The average molecular weight is 364 g/mol. The average Bonchev–Trinajstić information content (AvgIpc) is 2.46. The van der Waals surface area contributed by atoms with Crippen LogP contribution in [0.1, 0.15) is 17.2 Å². The lowest BCUT2D eigenvalue weighted by Crippen LogP contribution is -2.28. The second-order valence-corrected chi connectivity index (χ2v) is 6.04. The van der Waals surface area contributed by atoms with Crippen molar-refractivity contribution in [2.45, 2.75) is 29.0 Å². The van der Waals surface area contributed by atoms with Crippen LogP contribution in [-0.2, 0) is 6.42 Å². The fourth-order valence-corrected chi connectivity index (χ4v) is 2.64. The molecule has 7 heteroatoms. The summed E-state index contributed by atoms with van der Waals surface area (Å²) in [5.74, 6) is 0. The minimum Gasteiger partial charge on any atom is -0.391 e. The van der Waals surface area contributed by atoms with E-state index in [1.807, 2.05) is 30.3 Å². The Labute approximate surface area is 143 Å². The number of thioether (sulfide) groups is 1. The van der Waals surface area contributed by atoms with Gasteiger partial charge in [0, 0.05) is 11.3 Å². The van der Waals surface area contributed by atoms with Crippen LogP contribution in [0.4, 0.5) is 13.2 Å². The highest BCUT2D eigenvalue weighted by Gasteiger charge is 2.29. The number of hydrogen-bond donors (Lipinski definition) is 2. The van der Waals surface area contributed by atoms with Crippen molar-refractivity contribution < 1.29 is 18.3 Å². The molecule has 0 aliphatic heterocycles. The van der Waals surface area contributed by atoms with E-state index in [0.717, 1.165) is 5.56 Å². The number of rotatable bonds is 5. The molecule has 0 aliphatic rings. The summed E-state index contributed by atoms with van der Waals surface area (Å²) in [4.78, 5) is 0.0981. The first-order valence-corrected chi connectivity index (χ1v) is 7.50. The smallest absolute Gasteiger partial charge is 0.391 e. The van der Waals surface area contributed by atoms with Gasteiger partial charge in [0.2, 0.25) is 0 Å². The molecule has 0 amide bonds. The highest BCUT2D eigenvalue weighted by molar-refractivity contribution is 8.00. The van der Waals surface area contributed by atoms with E-state index in [4.69, 9.17) is 5.73 Å². The van der Waals surface area contributed by atoms with E-state index in [1.54, 1.807) is 0 Å². The molecule has 0 aliphatic carbocycles.